The van der Waals surface area contributed by atoms with E-state index in [-0.39, 0.29) is 15.6 Å². The highest BCUT2D eigenvalue weighted by Gasteiger charge is 2.25. The molecule has 0 atom stereocenters. The summed E-state index contributed by atoms with van der Waals surface area (Å²) in [5.41, 5.74) is -0.00807. The SMILES string of the molecule is CCCCn1c(=O)on(S(=O)(=O)c2ccc(CC)cc2)c1=O. The molecule has 2 rings (SSSR count). The third-order valence-corrected chi connectivity index (χ3v) is 4.89. The van der Waals surface area contributed by atoms with Gasteiger partial charge in [-0.3, -0.25) is 0 Å². The van der Waals surface area contributed by atoms with Crippen LogP contribution in [0.3, 0.4) is 0 Å². The van der Waals surface area contributed by atoms with Crippen LogP contribution in [0.5, 0.6) is 0 Å². The van der Waals surface area contributed by atoms with Crippen LogP contribution in [-0.4, -0.2) is 17.1 Å². The Hall–Kier alpha value is -2.09. The van der Waals surface area contributed by atoms with Crippen molar-refractivity contribution in [2.24, 2.45) is 0 Å². The predicted octanol–water partition coefficient (Wildman–Crippen LogP) is 1.20. The summed E-state index contributed by atoms with van der Waals surface area (Å²) >= 11 is 0. The van der Waals surface area contributed by atoms with E-state index in [1.807, 2.05) is 13.8 Å². The van der Waals surface area contributed by atoms with Crippen LogP contribution in [0.15, 0.2) is 43.3 Å². The Kier molecular flexibility index (Phi) is 4.70. The van der Waals surface area contributed by atoms with Gasteiger partial charge in [-0.1, -0.05) is 32.4 Å². The molecule has 7 nitrogen and oxygen atoms in total. The lowest BCUT2D eigenvalue weighted by Gasteiger charge is -2.03. The van der Waals surface area contributed by atoms with Crippen LogP contribution in [-0.2, 0) is 23.0 Å². The third kappa shape index (κ3) is 2.92. The minimum atomic E-state index is -4.20. The average molecular weight is 326 g/mol. The normalized spacial score (nSPS) is 11.7. The van der Waals surface area contributed by atoms with E-state index in [1.165, 1.54) is 12.1 Å². The molecule has 0 N–H and O–H groups in total. The van der Waals surface area contributed by atoms with Crippen LogP contribution >= 0.6 is 0 Å². The van der Waals surface area contributed by atoms with E-state index in [4.69, 9.17) is 0 Å². The van der Waals surface area contributed by atoms with Crippen LogP contribution in [0, 0.1) is 0 Å². The summed E-state index contributed by atoms with van der Waals surface area (Å²) in [5, 5.41) is 0. The quantitative estimate of drug-likeness (QED) is 0.795. The molecule has 22 heavy (non-hydrogen) atoms. The van der Waals surface area contributed by atoms with Crippen molar-refractivity contribution in [1.82, 2.24) is 8.71 Å². The van der Waals surface area contributed by atoms with Crippen molar-refractivity contribution in [3.63, 3.8) is 0 Å². The molecule has 0 aliphatic rings. The first kappa shape index (κ1) is 16.3. The fourth-order valence-corrected chi connectivity index (χ4v) is 3.12. The van der Waals surface area contributed by atoms with E-state index >= 15 is 0 Å². The first-order chi connectivity index (χ1) is 10.4. The predicted molar refractivity (Wildman–Crippen MR) is 80.5 cm³/mol. The number of nitrogens with zero attached hydrogens (tertiary/aromatic N) is 2. The van der Waals surface area contributed by atoms with Gasteiger partial charge in [-0.2, -0.15) is 8.42 Å². The molecule has 0 saturated heterocycles. The largest absolute Gasteiger partial charge is 0.443 e. The Morgan fingerprint density at radius 2 is 1.73 bits per heavy atom. The zero-order chi connectivity index (χ0) is 16.3. The van der Waals surface area contributed by atoms with Crippen molar-refractivity contribution >= 4 is 10.0 Å². The molecule has 8 heteroatoms. The van der Waals surface area contributed by atoms with Gasteiger partial charge in [0.05, 0.1) is 4.90 Å². The Bertz CT molecular complexity index is 856. The Balaban J connectivity index is 2.50. The van der Waals surface area contributed by atoms with Gasteiger partial charge < -0.3 is 4.52 Å². The number of hydrogen-bond acceptors (Lipinski definition) is 5. The van der Waals surface area contributed by atoms with Crippen LogP contribution < -0.4 is 11.4 Å². The summed E-state index contributed by atoms with van der Waals surface area (Å²) in [7, 11) is -4.20. The second-order valence-corrected chi connectivity index (χ2v) is 6.63. The summed E-state index contributed by atoms with van der Waals surface area (Å²) in [6, 6.07) is 6.10. The summed E-state index contributed by atoms with van der Waals surface area (Å²) in [4.78, 5) is 23.7. The van der Waals surface area contributed by atoms with Gasteiger partial charge in [0.15, 0.2) is 0 Å². The first-order valence-electron chi connectivity index (χ1n) is 7.09. The molecule has 0 aliphatic carbocycles. The lowest BCUT2D eigenvalue weighted by molar-refractivity contribution is 0.329. The highest BCUT2D eigenvalue weighted by atomic mass is 32.2. The topological polar surface area (TPSA) is 91.3 Å². The summed E-state index contributed by atoms with van der Waals surface area (Å²) in [6.45, 7) is 3.98. The number of benzene rings is 1. The molecular weight excluding hydrogens is 308 g/mol. The fraction of sp³-hybridized carbons (Fsp3) is 0.429. The maximum absolute atomic E-state index is 12.4. The van der Waals surface area contributed by atoms with E-state index in [0.29, 0.717) is 6.42 Å². The molecule has 1 aromatic heterocycles. The molecule has 0 spiro atoms. The van der Waals surface area contributed by atoms with Crippen LogP contribution in [0.1, 0.15) is 32.3 Å². The smallest absolute Gasteiger partial charge is 0.301 e. The third-order valence-electron chi connectivity index (χ3n) is 3.35. The van der Waals surface area contributed by atoms with Crippen molar-refractivity contribution in [3.05, 3.63) is 50.9 Å². The number of hydrogen-bond donors (Lipinski definition) is 0. The fourth-order valence-electron chi connectivity index (χ4n) is 1.98. The van der Waals surface area contributed by atoms with Gasteiger partial charge >= 0.3 is 11.4 Å². The molecule has 2 aromatic rings. The molecule has 0 saturated carbocycles. The van der Waals surface area contributed by atoms with Crippen molar-refractivity contribution in [3.8, 4) is 0 Å². The number of aromatic nitrogens is 2. The lowest BCUT2D eigenvalue weighted by atomic mass is 10.2. The maximum atomic E-state index is 12.4. The molecule has 0 unspecified atom stereocenters. The zero-order valence-electron chi connectivity index (χ0n) is 12.5. The summed E-state index contributed by atoms with van der Waals surface area (Å²) in [5.74, 6) is -0.966. The van der Waals surface area contributed by atoms with Gasteiger partial charge in [0, 0.05) is 6.54 Å². The maximum Gasteiger partial charge on any atom is 0.443 e. The Morgan fingerprint density at radius 3 is 2.27 bits per heavy atom. The second kappa shape index (κ2) is 6.35. The minimum absolute atomic E-state index is 0.0943. The molecule has 0 radical (unpaired) electrons. The molecule has 0 amide bonds. The van der Waals surface area contributed by atoms with Gasteiger partial charge in [-0.25, -0.2) is 14.2 Å². The van der Waals surface area contributed by atoms with Gasteiger partial charge in [-0.05, 0) is 34.7 Å². The van der Waals surface area contributed by atoms with E-state index in [0.717, 1.165) is 23.0 Å². The molecule has 0 bridgehead atoms. The van der Waals surface area contributed by atoms with Gasteiger partial charge in [0.2, 0.25) is 0 Å². The van der Waals surface area contributed by atoms with E-state index in [2.05, 4.69) is 4.52 Å². The van der Waals surface area contributed by atoms with Crippen LogP contribution in [0.4, 0.5) is 0 Å². The summed E-state index contributed by atoms with van der Waals surface area (Å²) in [6.07, 6.45) is 2.12. The highest BCUT2D eigenvalue weighted by Crippen LogP contribution is 2.13. The van der Waals surface area contributed by atoms with Crippen molar-refractivity contribution in [2.45, 2.75) is 44.6 Å². The first-order valence-corrected chi connectivity index (χ1v) is 8.53. The number of aryl methyl sites for hydroxylation is 1. The van der Waals surface area contributed by atoms with E-state index in [1.54, 1.807) is 12.1 Å². The molecule has 1 heterocycles. The van der Waals surface area contributed by atoms with Crippen molar-refractivity contribution < 1.29 is 12.9 Å². The molecule has 1 aromatic carbocycles. The van der Waals surface area contributed by atoms with E-state index < -0.39 is 21.5 Å². The number of rotatable bonds is 6. The van der Waals surface area contributed by atoms with Crippen LogP contribution in [0.25, 0.3) is 0 Å². The van der Waals surface area contributed by atoms with Crippen molar-refractivity contribution in [1.29, 1.82) is 0 Å². The Morgan fingerprint density at radius 1 is 1.09 bits per heavy atom. The minimum Gasteiger partial charge on any atom is -0.301 e. The second-order valence-electron chi connectivity index (χ2n) is 4.87. The summed E-state index contributed by atoms with van der Waals surface area (Å²) < 4.78 is 30.4. The molecular formula is C14H18N2O5S. The lowest BCUT2D eigenvalue weighted by Crippen LogP contribution is -2.31. The molecule has 0 fully saturated rings. The van der Waals surface area contributed by atoms with Crippen LogP contribution in [0.2, 0.25) is 0 Å². The number of unbranched alkanes of at least 4 members (excludes halogenated alkanes) is 1. The molecule has 0 aliphatic heterocycles. The van der Waals surface area contributed by atoms with Gasteiger partial charge in [0.1, 0.15) is 0 Å². The van der Waals surface area contributed by atoms with Gasteiger partial charge in [0.25, 0.3) is 10.0 Å². The Labute approximate surface area is 127 Å². The standard InChI is InChI=1S/C14H18N2O5S/c1-3-5-10-15-13(17)16(21-14(15)18)22(19,20)12-8-6-11(4-2)7-9-12/h6-9H,3-5,10H2,1-2H3. The van der Waals surface area contributed by atoms with E-state index in [9.17, 15) is 18.0 Å². The molecule has 120 valence electrons. The zero-order valence-corrected chi connectivity index (χ0v) is 13.3. The van der Waals surface area contributed by atoms with Gasteiger partial charge in [-0.15, -0.1) is 0 Å². The average Bonchev–Trinajstić information content (AvgIpc) is 2.80. The monoisotopic (exact) mass is 326 g/mol. The van der Waals surface area contributed by atoms with Crippen molar-refractivity contribution in [2.75, 3.05) is 0 Å². The highest BCUT2D eigenvalue weighted by molar-refractivity contribution is 7.89.